The summed E-state index contributed by atoms with van der Waals surface area (Å²) >= 11 is 0. The summed E-state index contributed by atoms with van der Waals surface area (Å²) < 4.78 is 51.8. The minimum absolute atomic E-state index is 0.0343. The number of hydrogen-bond acceptors (Lipinski definition) is 3. The fourth-order valence-electron chi connectivity index (χ4n) is 2.49. The molecule has 0 atom stereocenters. The highest BCUT2D eigenvalue weighted by atomic mass is 19.1. The van der Waals surface area contributed by atoms with E-state index in [1.807, 2.05) is 0 Å². The molecule has 6 heteroatoms. The minimum Gasteiger partial charge on any atom is -0.496 e. The van der Waals surface area contributed by atoms with Gasteiger partial charge in [-0.15, -0.1) is 0 Å². The Morgan fingerprint density at radius 2 is 1.67 bits per heavy atom. The summed E-state index contributed by atoms with van der Waals surface area (Å²) in [6.45, 7) is -0.202. The van der Waals surface area contributed by atoms with Gasteiger partial charge in [0.05, 0.1) is 25.7 Å². The Hall–Kier alpha value is -2.60. The Balaban J connectivity index is 1.87. The van der Waals surface area contributed by atoms with Crippen molar-refractivity contribution in [1.82, 2.24) is 4.98 Å². The number of fused-ring (bicyclic) bond motifs is 1. The van der Waals surface area contributed by atoms with Crippen LogP contribution in [-0.4, -0.2) is 12.1 Å². The summed E-state index contributed by atoms with van der Waals surface area (Å²) in [6.07, 6.45) is 1.45. The molecule has 3 aromatic rings. The van der Waals surface area contributed by atoms with E-state index in [1.54, 1.807) is 6.07 Å². The van der Waals surface area contributed by atoms with Gasteiger partial charge in [-0.3, -0.25) is 4.98 Å². The first-order valence-electron chi connectivity index (χ1n) is 7.22. The molecule has 3 rings (SSSR count). The Labute approximate surface area is 136 Å². The standard InChI is InChI=1S/C18H14F3NO2/c1-23-16-6-5-15(21)18-17(16)11(7-8-22-18)9-24-10-12-13(19)3-2-4-14(12)20/h2-8H,9-10H2,1H3. The molecule has 0 aliphatic heterocycles. The highest BCUT2D eigenvalue weighted by molar-refractivity contribution is 5.88. The van der Waals surface area contributed by atoms with Crippen molar-refractivity contribution in [2.75, 3.05) is 7.11 Å². The second kappa shape index (κ2) is 6.88. The van der Waals surface area contributed by atoms with Gasteiger partial charge in [-0.25, -0.2) is 13.2 Å². The first-order valence-corrected chi connectivity index (χ1v) is 7.22. The van der Waals surface area contributed by atoms with Gasteiger partial charge in [0.25, 0.3) is 0 Å². The molecule has 0 amide bonds. The molecule has 0 N–H and O–H groups in total. The number of hydrogen-bond donors (Lipinski definition) is 0. The van der Waals surface area contributed by atoms with Gasteiger partial charge in [-0.1, -0.05) is 6.07 Å². The van der Waals surface area contributed by atoms with E-state index < -0.39 is 17.5 Å². The first-order chi connectivity index (χ1) is 11.6. The average molecular weight is 333 g/mol. The zero-order chi connectivity index (χ0) is 17.1. The molecule has 1 heterocycles. The van der Waals surface area contributed by atoms with E-state index in [2.05, 4.69) is 4.98 Å². The lowest BCUT2D eigenvalue weighted by atomic mass is 10.1. The van der Waals surface area contributed by atoms with Gasteiger partial charge in [0.1, 0.15) is 28.7 Å². The first kappa shape index (κ1) is 16.3. The van der Waals surface area contributed by atoms with E-state index in [0.29, 0.717) is 16.7 Å². The van der Waals surface area contributed by atoms with Crippen molar-refractivity contribution in [3.05, 3.63) is 71.2 Å². The van der Waals surface area contributed by atoms with E-state index in [0.717, 1.165) is 0 Å². The second-order valence-corrected chi connectivity index (χ2v) is 5.14. The number of ether oxygens (including phenoxy) is 2. The van der Waals surface area contributed by atoms with E-state index in [4.69, 9.17) is 9.47 Å². The third-order valence-electron chi connectivity index (χ3n) is 3.68. The van der Waals surface area contributed by atoms with Crippen LogP contribution in [0.4, 0.5) is 13.2 Å². The maximum absolute atomic E-state index is 13.9. The monoisotopic (exact) mass is 333 g/mol. The maximum atomic E-state index is 13.9. The van der Waals surface area contributed by atoms with Crippen molar-refractivity contribution in [2.24, 2.45) is 0 Å². The van der Waals surface area contributed by atoms with Crippen LogP contribution in [0, 0.1) is 17.5 Å². The molecule has 0 fully saturated rings. The van der Waals surface area contributed by atoms with Crippen LogP contribution in [0.25, 0.3) is 10.9 Å². The zero-order valence-corrected chi connectivity index (χ0v) is 12.9. The summed E-state index contributed by atoms with van der Waals surface area (Å²) in [4.78, 5) is 4.01. The Morgan fingerprint density at radius 3 is 2.38 bits per heavy atom. The van der Waals surface area contributed by atoms with Crippen LogP contribution in [0.1, 0.15) is 11.1 Å². The highest BCUT2D eigenvalue weighted by Gasteiger charge is 2.13. The van der Waals surface area contributed by atoms with Gasteiger partial charge in [-0.2, -0.15) is 0 Å². The quantitative estimate of drug-likeness (QED) is 0.694. The van der Waals surface area contributed by atoms with Crippen LogP contribution >= 0.6 is 0 Å². The van der Waals surface area contributed by atoms with E-state index >= 15 is 0 Å². The fourth-order valence-corrected chi connectivity index (χ4v) is 2.49. The average Bonchev–Trinajstić information content (AvgIpc) is 2.58. The summed E-state index contributed by atoms with van der Waals surface area (Å²) in [5, 5.41) is 0.481. The molecule has 0 spiro atoms. The molecule has 124 valence electrons. The largest absolute Gasteiger partial charge is 0.496 e. The third kappa shape index (κ3) is 3.05. The number of benzene rings is 2. The van der Waals surface area contributed by atoms with Crippen LogP contribution in [-0.2, 0) is 18.0 Å². The number of halogens is 3. The fraction of sp³-hybridized carbons (Fsp3) is 0.167. The smallest absolute Gasteiger partial charge is 0.149 e. The van der Waals surface area contributed by atoms with Gasteiger partial charge in [0.15, 0.2) is 0 Å². The summed E-state index contributed by atoms with van der Waals surface area (Å²) in [6, 6.07) is 8.05. The van der Waals surface area contributed by atoms with Gasteiger partial charge in [0.2, 0.25) is 0 Å². The predicted octanol–water partition coefficient (Wildman–Crippen LogP) is 4.38. The van der Waals surface area contributed by atoms with Crippen LogP contribution in [0.2, 0.25) is 0 Å². The van der Waals surface area contributed by atoms with Gasteiger partial charge < -0.3 is 9.47 Å². The molecule has 0 aliphatic rings. The SMILES string of the molecule is COc1ccc(F)c2nccc(COCc3c(F)cccc3F)c12. The van der Waals surface area contributed by atoms with Crippen LogP contribution in [0.3, 0.4) is 0 Å². The summed E-state index contributed by atoms with van der Waals surface area (Å²) in [5.74, 6) is -1.36. The summed E-state index contributed by atoms with van der Waals surface area (Å²) in [7, 11) is 1.47. The van der Waals surface area contributed by atoms with Crippen molar-refractivity contribution >= 4 is 10.9 Å². The van der Waals surface area contributed by atoms with Crippen molar-refractivity contribution in [3.8, 4) is 5.75 Å². The Bertz CT molecular complexity index is 863. The van der Waals surface area contributed by atoms with Crippen LogP contribution in [0.15, 0.2) is 42.6 Å². The Morgan fingerprint density at radius 1 is 0.917 bits per heavy atom. The van der Waals surface area contributed by atoms with Crippen molar-refractivity contribution in [1.29, 1.82) is 0 Å². The predicted molar refractivity (Wildman–Crippen MR) is 83.1 cm³/mol. The highest BCUT2D eigenvalue weighted by Crippen LogP contribution is 2.30. The summed E-state index contributed by atoms with van der Waals surface area (Å²) in [5.41, 5.74) is 0.634. The molecule has 0 radical (unpaired) electrons. The molecule has 0 saturated carbocycles. The van der Waals surface area contributed by atoms with Gasteiger partial charge >= 0.3 is 0 Å². The van der Waals surface area contributed by atoms with Crippen LogP contribution < -0.4 is 4.74 Å². The third-order valence-corrected chi connectivity index (χ3v) is 3.68. The molecule has 1 aromatic heterocycles. The number of nitrogens with zero attached hydrogens (tertiary/aromatic N) is 1. The minimum atomic E-state index is -0.668. The Kier molecular flexibility index (Phi) is 4.66. The molecule has 3 nitrogen and oxygen atoms in total. The van der Waals surface area contributed by atoms with E-state index in [1.165, 1.54) is 43.6 Å². The van der Waals surface area contributed by atoms with Crippen molar-refractivity contribution in [2.45, 2.75) is 13.2 Å². The molecular weight excluding hydrogens is 319 g/mol. The number of methoxy groups -OCH3 is 1. The van der Waals surface area contributed by atoms with E-state index in [-0.39, 0.29) is 24.3 Å². The second-order valence-electron chi connectivity index (χ2n) is 5.14. The molecular formula is C18H14F3NO2. The lowest BCUT2D eigenvalue weighted by Crippen LogP contribution is -2.01. The molecule has 24 heavy (non-hydrogen) atoms. The maximum Gasteiger partial charge on any atom is 0.149 e. The number of rotatable bonds is 5. The van der Waals surface area contributed by atoms with Crippen molar-refractivity contribution < 1.29 is 22.6 Å². The lowest BCUT2D eigenvalue weighted by Gasteiger charge is -2.12. The van der Waals surface area contributed by atoms with E-state index in [9.17, 15) is 13.2 Å². The number of pyridine rings is 1. The normalized spacial score (nSPS) is 11.0. The molecule has 0 bridgehead atoms. The lowest BCUT2D eigenvalue weighted by molar-refractivity contribution is 0.103. The topological polar surface area (TPSA) is 31.4 Å². The van der Waals surface area contributed by atoms with Gasteiger partial charge in [-0.05, 0) is 35.9 Å². The van der Waals surface area contributed by atoms with Crippen LogP contribution in [0.5, 0.6) is 5.75 Å². The molecule has 0 unspecified atom stereocenters. The zero-order valence-electron chi connectivity index (χ0n) is 12.9. The van der Waals surface area contributed by atoms with Crippen molar-refractivity contribution in [3.63, 3.8) is 0 Å². The number of aromatic nitrogens is 1. The molecule has 2 aromatic carbocycles. The molecule has 0 saturated heterocycles. The molecule has 0 aliphatic carbocycles. The van der Waals surface area contributed by atoms with Gasteiger partial charge in [0, 0.05) is 11.8 Å².